The third kappa shape index (κ3) is 1.93. The SMILES string of the molecule is NS(=O)(=O)c1ccc(NF)cc1. The Bertz CT molecular complexity index is 360. The topological polar surface area (TPSA) is 72.2 Å². The van der Waals surface area contributed by atoms with E-state index in [9.17, 15) is 12.9 Å². The van der Waals surface area contributed by atoms with Gasteiger partial charge >= 0.3 is 0 Å². The van der Waals surface area contributed by atoms with Crippen LogP contribution in [0.15, 0.2) is 29.2 Å². The Morgan fingerprint density at radius 3 is 2.08 bits per heavy atom. The number of halogens is 1. The van der Waals surface area contributed by atoms with Crippen molar-refractivity contribution in [2.24, 2.45) is 5.14 Å². The second-order valence-corrected chi connectivity index (χ2v) is 3.73. The number of nitrogens with two attached hydrogens (primary N) is 1. The van der Waals surface area contributed by atoms with Gasteiger partial charge in [0, 0.05) is 0 Å². The van der Waals surface area contributed by atoms with Gasteiger partial charge in [0.05, 0.1) is 10.6 Å². The molecule has 4 nitrogen and oxygen atoms in total. The summed E-state index contributed by atoms with van der Waals surface area (Å²) in [4.78, 5) is -0.0403. The molecule has 1 rings (SSSR count). The maximum absolute atomic E-state index is 11.7. The van der Waals surface area contributed by atoms with Crippen molar-refractivity contribution in [3.8, 4) is 0 Å². The van der Waals surface area contributed by atoms with Crippen LogP contribution < -0.4 is 10.7 Å². The molecule has 0 aromatic heterocycles. The Morgan fingerprint density at radius 2 is 1.75 bits per heavy atom. The fraction of sp³-hybridized carbons (Fsp3) is 0. The maximum Gasteiger partial charge on any atom is 0.238 e. The van der Waals surface area contributed by atoms with Crippen LogP contribution in [0.4, 0.5) is 10.2 Å². The van der Waals surface area contributed by atoms with Crippen molar-refractivity contribution in [2.45, 2.75) is 4.90 Å². The Morgan fingerprint density at radius 1 is 1.25 bits per heavy atom. The fourth-order valence-corrected chi connectivity index (χ4v) is 1.22. The average Bonchev–Trinajstić information content (AvgIpc) is 2.03. The number of sulfonamides is 1. The van der Waals surface area contributed by atoms with Gasteiger partial charge in [-0.2, -0.15) is 0 Å². The van der Waals surface area contributed by atoms with Crippen LogP contribution in [0.2, 0.25) is 0 Å². The van der Waals surface area contributed by atoms with Gasteiger partial charge in [-0.25, -0.2) is 19.1 Å². The third-order valence-electron chi connectivity index (χ3n) is 1.29. The lowest BCUT2D eigenvalue weighted by molar-refractivity contribution is 0.597. The van der Waals surface area contributed by atoms with E-state index >= 15 is 0 Å². The molecule has 6 heteroatoms. The van der Waals surface area contributed by atoms with E-state index in [1.54, 1.807) is 0 Å². The van der Waals surface area contributed by atoms with Gasteiger partial charge in [-0.15, -0.1) is 4.48 Å². The van der Waals surface area contributed by atoms with Crippen LogP contribution in [0.3, 0.4) is 0 Å². The lowest BCUT2D eigenvalue weighted by Gasteiger charge is -1.98. The molecule has 1 aromatic rings. The van der Waals surface area contributed by atoms with Crippen LogP contribution in [0, 0.1) is 0 Å². The monoisotopic (exact) mass is 190 g/mol. The van der Waals surface area contributed by atoms with Crippen LogP contribution >= 0.6 is 0 Å². The molecule has 0 saturated carbocycles. The summed E-state index contributed by atoms with van der Waals surface area (Å²) in [6.45, 7) is 0. The summed E-state index contributed by atoms with van der Waals surface area (Å²) in [7, 11) is -3.68. The number of nitrogens with one attached hydrogen (secondary N) is 1. The number of hydrogen-bond donors (Lipinski definition) is 2. The Balaban J connectivity index is 3.09. The average molecular weight is 190 g/mol. The van der Waals surface area contributed by atoms with Crippen LogP contribution in [-0.4, -0.2) is 8.42 Å². The molecule has 0 aliphatic carbocycles. The summed E-state index contributed by atoms with van der Waals surface area (Å²) in [6.07, 6.45) is 0. The van der Waals surface area contributed by atoms with Crippen molar-refractivity contribution in [1.29, 1.82) is 0 Å². The molecule has 0 saturated heterocycles. The number of anilines is 1. The molecule has 0 radical (unpaired) electrons. The minimum absolute atomic E-state index is 0.0403. The van der Waals surface area contributed by atoms with E-state index in [2.05, 4.69) is 0 Å². The zero-order chi connectivity index (χ0) is 9.19. The van der Waals surface area contributed by atoms with E-state index in [1.165, 1.54) is 29.8 Å². The first-order valence-electron chi connectivity index (χ1n) is 3.03. The van der Waals surface area contributed by atoms with Crippen molar-refractivity contribution in [2.75, 3.05) is 5.54 Å². The van der Waals surface area contributed by atoms with Crippen LogP contribution in [0.5, 0.6) is 0 Å². The molecule has 0 aliphatic heterocycles. The van der Waals surface area contributed by atoms with Crippen molar-refractivity contribution in [3.05, 3.63) is 24.3 Å². The second-order valence-electron chi connectivity index (χ2n) is 2.16. The van der Waals surface area contributed by atoms with E-state index < -0.39 is 10.0 Å². The highest BCUT2D eigenvalue weighted by molar-refractivity contribution is 7.89. The van der Waals surface area contributed by atoms with Crippen molar-refractivity contribution < 1.29 is 12.9 Å². The van der Waals surface area contributed by atoms with Crippen LogP contribution in [-0.2, 0) is 10.0 Å². The minimum atomic E-state index is -3.68. The standard InChI is InChI=1S/C6H7FN2O2S/c7-9-5-1-3-6(4-2-5)12(8,10)11/h1-4,9H,(H2,8,10,11). The van der Waals surface area contributed by atoms with Gasteiger partial charge < -0.3 is 0 Å². The summed E-state index contributed by atoms with van der Waals surface area (Å²) in [5.41, 5.74) is 1.55. The molecule has 0 atom stereocenters. The Labute approximate surface area is 69.2 Å². The van der Waals surface area contributed by atoms with Gasteiger partial charge in [0.25, 0.3) is 0 Å². The molecule has 0 fully saturated rings. The number of benzene rings is 1. The first kappa shape index (κ1) is 8.95. The molecule has 0 bridgehead atoms. The molecule has 0 amide bonds. The van der Waals surface area contributed by atoms with Crippen molar-refractivity contribution >= 4 is 15.7 Å². The zero-order valence-electron chi connectivity index (χ0n) is 5.99. The third-order valence-corrected chi connectivity index (χ3v) is 2.22. The van der Waals surface area contributed by atoms with Crippen LogP contribution in [0.1, 0.15) is 0 Å². The normalized spacial score (nSPS) is 11.2. The van der Waals surface area contributed by atoms with E-state index in [-0.39, 0.29) is 10.6 Å². The van der Waals surface area contributed by atoms with Crippen molar-refractivity contribution in [1.82, 2.24) is 0 Å². The van der Waals surface area contributed by atoms with Gasteiger partial charge in [-0.05, 0) is 24.3 Å². The molecule has 0 aliphatic rings. The molecule has 66 valence electrons. The minimum Gasteiger partial charge on any atom is -0.225 e. The van der Waals surface area contributed by atoms with Crippen LogP contribution in [0.25, 0.3) is 0 Å². The molecule has 0 spiro atoms. The first-order chi connectivity index (χ1) is 5.54. The van der Waals surface area contributed by atoms with Gasteiger partial charge in [-0.1, -0.05) is 0 Å². The summed E-state index contributed by atoms with van der Waals surface area (Å²) < 4.78 is 33.1. The van der Waals surface area contributed by atoms with E-state index in [0.717, 1.165) is 0 Å². The molecule has 3 N–H and O–H groups in total. The van der Waals surface area contributed by atoms with E-state index in [4.69, 9.17) is 5.14 Å². The molecular formula is C6H7FN2O2S. The first-order valence-corrected chi connectivity index (χ1v) is 4.58. The molecule has 1 aromatic carbocycles. The highest BCUT2D eigenvalue weighted by Gasteiger charge is 2.05. The molecule has 0 heterocycles. The van der Waals surface area contributed by atoms with Gasteiger partial charge in [0.2, 0.25) is 10.0 Å². The van der Waals surface area contributed by atoms with Gasteiger partial charge in [-0.3, -0.25) is 0 Å². The quantitative estimate of drug-likeness (QED) is 0.672. The lowest BCUT2D eigenvalue weighted by atomic mass is 10.3. The largest absolute Gasteiger partial charge is 0.238 e. The fourth-order valence-electron chi connectivity index (χ4n) is 0.708. The number of primary sulfonamides is 1. The summed E-state index contributed by atoms with van der Waals surface area (Å²) >= 11 is 0. The number of rotatable bonds is 2. The highest BCUT2D eigenvalue weighted by atomic mass is 32.2. The summed E-state index contributed by atoms with van der Waals surface area (Å²) in [5, 5.41) is 4.81. The molecular weight excluding hydrogens is 183 g/mol. The Hall–Kier alpha value is -1.14. The van der Waals surface area contributed by atoms with E-state index in [0.29, 0.717) is 0 Å². The van der Waals surface area contributed by atoms with Gasteiger partial charge in [0.1, 0.15) is 0 Å². The predicted molar refractivity (Wildman–Crippen MR) is 42.5 cm³/mol. The van der Waals surface area contributed by atoms with Crippen molar-refractivity contribution in [3.63, 3.8) is 0 Å². The number of hydrogen-bond acceptors (Lipinski definition) is 3. The van der Waals surface area contributed by atoms with Gasteiger partial charge in [0.15, 0.2) is 0 Å². The molecule has 12 heavy (non-hydrogen) atoms. The highest BCUT2D eigenvalue weighted by Crippen LogP contribution is 2.12. The second kappa shape index (κ2) is 3.08. The zero-order valence-corrected chi connectivity index (χ0v) is 6.81. The predicted octanol–water partition coefficient (Wildman–Crippen LogP) is 0.630. The lowest BCUT2D eigenvalue weighted by Crippen LogP contribution is -2.11. The maximum atomic E-state index is 11.7. The summed E-state index contributed by atoms with van der Waals surface area (Å²) in [6, 6.07) is 4.99. The summed E-state index contributed by atoms with van der Waals surface area (Å²) in [5.74, 6) is 0. The Kier molecular flexibility index (Phi) is 2.30. The smallest absolute Gasteiger partial charge is 0.225 e. The molecule has 0 unspecified atom stereocenters. The van der Waals surface area contributed by atoms with E-state index in [1.807, 2.05) is 0 Å².